The van der Waals surface area contributed by atoms with Gasteiger partial charge in [-0.05, 0) is 43.7 Å². The lowest BCUT2D eigenvalue weighted by Crippen LogP contribution is -2.40. The van der Waals surface area contributed by atoms with Crippen LogP contribution in [0, 0.1) is 5.92 Å². The Morgan fingerprint density at radius 2 is 2.15 bits per heavy atom. The number of fused-ring (bicyclic) bond motifs is 1. The molecule has 8 heteroatoms. The lowest BCUT2D eigenvalue weighted by atomic mass is 9.96. The largest absolute Gasteiger partial charge is 0.381 e. The number of aliphatic imine (C=N–C) groups is 1. The molecule has 1 N–H and O–H groups in total. The van der Waals surface area contributed by atoms with Crippen LogP contribution < -0.4 is 5.32 Å². The maximum absolute atomic E-state index is 5.44. The van der Waals surface area contributed by atoms with E-state index in [1.807, 2.05) is 31.4 Å². The first-order chi connectivity index (χ1) is 12.8. The molecule has 0 aliphatic carbocycles. The molecule has 7 nitrogen and oxygen atoms in total. The van der Waals surface area contributed by atoms with Crippen LogP contribution >= 0.6 is 24.0 Å². The third-order valence-electron chi connectivity index (χ3n) is 5.03. The number of hydrogen-bond donors (Lipinski definition) is 1. The molecule has 27 heavy (non-hydrogen) atoms. The second kappa shape index (κ2) is 11.4. The summed E-state index contributed by atoms with van der Waals surface area (Å²) < 4.78 is 7.49. The van der Waals surface area contributed by atoms with Crippen LogP contribution in [-0.2, 0) is 11.2 Å². The molecule has 0 saturated carbocycles. The Kier molecular flexibility index (Phi) is 9.26. The first-order valence-corrected chi connectivity index (χ1v) is 9.56. The molecule has 1 saturated heterocycles. The number of aromatic nitrogens is 3. The summed E-state index contributed by atoms with van der Waals surface area (Å²) in [7, 11) is 3.96. The van der Waals surface area contributed by atoms with Crippen LogP contribution in [0.25, 0.3) is 5.65 Å². The number of aryl methyl sites for hydroxylation is 1. The molecule has 0 amide bonds. The minimum absolute atomic E-state index is 0. The van der Waals surface area contributed by atoms with E-state index >= 15 is 0 Å². The molecule has 1 fully saturated rings. The van der Waals surface area contributed by atoms with E-state index < -0.39 is 0 Å². The van der Waals surface area contributed by atoms with Crippen molar-refractivity contribution in [2.24, 2.45) is 10.9 Å². The van der Waals surface area contributed by atoms with E-state index in [9.17, 15) is 0 Å². The van der Waals surface area contributed by atoms with Gasteiger partial charge in [-0.3, -0.25) is 9.39 Å². The molecule has 1 aliphatic heterocycles. The smallest absolute Gasteiger partial charge is 0.193 e. The number of halogens is 1. The van der Waals surface area contributed by atoms with E-state index in [0.717, 1.165) is 62.5 Å². The summed E-state index contributed by atoms with van der Waals surface area (Å²) in [6, 6.07) is 5.97. The molecule has 1 aliphatic rings. The molecule has 3 heterocycles. The summed E-state index contributed by atoms with van der Waals surface area (Å²) in [5.41, 5.74) is 0.902. The lowest BCUT2D eigenvalue weighted by molar-refractivity contribution is 0.0625. The van der Waals surface area contributed by atoms with Gasteiger partial charge in [0.15, 0.2) is 11.6 Å². The van der Waals surface area contributed by atoms with Crippen molar-refractivity contribution in [2.45, 2.75) is 32.1 Å². The fourth-order valence-electron chi connectivity index (χ4n) is 3.41. The molecule has 3 rings (SSSR count). The number of nitrogens with one attached hydrogen (secondary N) is 1. The number of hydrogen-bond acceptors (Lipinski definition) is 4. The van der Waals surface area contributed by atoms with Gasteiger partial charge in [0.2, 0.25) is 0 Å². The number of guanidine groups is 1. The molecule has 150 valence electrons. The van der Waals surface area contributed by atoms with Gasteiger partial charge in [-0.2, -0.15) is 0 Å². The van der Waals surface area contributed by atoms with Gasteiger partial charge in [0.25, 0.3) is 0 Å². The quantitative estimate of drug-likeness (QED) is 0.282. The third kappa shape index (κ3) is 6.31. The average molecular weight is 486 g/mol. The molecular formula is C19H31IN6O. The predicted molar refractivity (Wildman–Crippen MR) is 119 cm³/mol. The van der Waals surface area contributed by atoms with Crippen molar-refractivity contribution in [1.82, 2.24) is 24.8 Å². The van der Waals surface area contributed by atoms with Crippen molar-refractivity contribution in [2.75, 3.05) is 40.4 Å². The van der Waals surface area contributed by atoms with Crippen LogP contribution in [0.4, 0.5) is 0 Å². The topological polar surface area (TPSA) is 67.0 Å². The molecule has 0 radical (unpaired) electrons. The monoisotopic (exact) mass is 486 g/mol. The standard InChI is InChI=1S/C19H30N6O.HI/c1-20-19(24(2)13-8-16-9-14-26-15-10-16)21-11-5-7-18-23-22-17-6-3-4-12-25(17)18;/h3-4,6,12,16H,5,7-11,13-15H2,1-2H3,(H,20,21);1H. The second-order valence-corrected chi connectivity index (χ2v) is 6.89. The summed E-state index contributed by atoms with van der Waals surface area (Å²) in [5, 5.41) is 11.9. The first kappa shape index (κ1) is 21.9. The fourth-order valence-corrected chi connectivity index (χ4v) is 3.41. The zero-order valence-electron chi connectivity index (χ0n) is 16.3. The highest BCUT2D eigenvalue weighted by Crippen LogP contribution is 2.18. The number of nitrogens with zero attached hydrogens (tertiary/aromatic N) is 5. The molecule has 0 spiro atoms. The maximum Gasteiger partial charge on any atom is 0.193 e. The van der Waals surface area contributed by atoms with Gasteiger partial charge < -0.3 is 15.0 Å². The van der Waals surface area contributed by atoms with E-state index in [0.29, 0.717) is 0 Å². The summed E-state index contributed by atoms with van der Waals surface area (Å²) in [6.45, 7) is 3.73. The van der Waals surface area contributed by atoms with Crippen LogP contribution in [0.5, 0.6) is 0 Å². The maximum atomic E-state index is 5.44. The fraction of sp³-hybridized carbons (Fsp3) is 0.632. The van der Waals surface area contributed by atoms with Crippen LogP contribution in [0.15, 0.2) is 29.4 Å². The van der Waals surface area contributed by atoms with Crippen molar-refractivity contribution >= 4 is 35.6 Å². The van der Waals surface area contributed by atoms with Crippen molar-refractivity contribution in [3.8, 4) is 0 Å². The van der Waals surface area contributed by atoms with E-state index in [2.05, 4.69) is 36.9 Å². The summed E-state index contributed by atoms with van der Waals surface area (Å²) in [5.74, 6) is 2.75. The second-order valence-electron chi connectivity index (χ2n) is 6.89. The zero-order chi connectivity index (χ0) is 18.2. The van der Waals surface area contributed by atoms with Crippen molar-refractivity contribution in [3.05, 3.63) is 30.2 Å². The molecule has 2 aromatic heterocycles. The Balaban J connectivity index is 0.00000261. The number of ether oxygens (including phenoxy) is 1. The highest BCUT2D eigenvalue weighted by Gasteiger charge is 2.15. The summed E-state index contributed by atoms with van der Waals surface area (Å²) in [4.78, 5) is 6.63. The minimum atomic E-state index is 0. The van der Waals surface area contributed by atoms with Gasteiger partial charge in [0.1, 0.15) is 5.82 Å². The molecule has 0 aromatic carbocycles. The van der Waals surface area contributed by atoms with Gasteiger partial charge in [-0.1, -0.05) is 6.07 Å². The Hall–Kier alpha value is -1.42. The molecule has 0 atom stereocenters. The molecule has 0 unspecified atom stereocenters. The van der Waals surface area contributed by atoms with Gasteiger partial charge in [0.05, 0.1) is 0 Å². The Morgan fingerprint density at radius 3 is 2.93 bits per heavy atom. The van der Waals surface area contributed by atoms with Crippen LogP contribution in [0.2, 0.25) is 0 Å². The van der Waals surface area contributed by atoms with Gasteiger partial charge in [-0.25, -0.2) is 0 Å². The highest BCUT2D eigenvalue weighted by molar-refractivity contribution is 14.0. The van der Waals surface area contributed by atoms with E-state index in [1.165, 1.54) is 19.3 Å². The van der Waals surface area contributed by atoms with Gasteiger partial charge in [-0.15, -0.1) is 34.2 Å². The van der Waals surface area contributed by atoms with E-state index in [-0.39, 0.29) is 24.0 Å². The molecule has 2 aromatic rings. The van der Waals surface area contributed by atoms with Crippen molar-refractivity contribution < 1.29 is 4.74 Å². The summed E-state index contributed by atoms with van der Waals surface area (Å²) in [6.07, 6.45) is 7.47. The molecule has 0 bridgehead atoms. The zero-order valence-corrected chi connectivity index (χ0v) is 18.6. The SMILES string of the molecule is CN=C(NCCCc1nnc2ccccn12)N(C)CCC1CCOCC1.I. The van der Waals surface area contributed by atoms with Crippen LogP contribution in [0.1, 0.15) is 31.5 Å². The lowest BCUT2D eigenvalue weighted by Gasteiger charge is -2.26. The van der Waals surface area contributed by atoms with Crippen molar-refractivity contribution in [3.63, 3.8) is 0 Å². The highest BCUT2D eigenvalue weighted by atomic mass is 127. The van der Waals surface area contributed by atoms with E-state index in [4.69, 9.17) is 4.74 Å². The first-order valence-electron chi connectivity index (χ1n) is 9.56. The Labute approximate surface area is 178 Å². The Bertz CT molecular complexity index is 713. The van der Waals surface area contributed by atoms with Crippen LogP contribution in [-0.4, -0.2) is 65.9 Å². The normalized spacial score (nSPS) is 15.6. The average Bonchev–Trinajstić information content (AvgIpc) is 3.10. The number of pyridine rings is 1. The van der Waals surface area contributed by atoms with Gasteiger partial charge in [0, 0.05) is 53.0 Å². The Morgan fingerprint density at radius 1 is 1.33 bits per heavy atom. The predicted octanol–water partition coefficient (Wildman–Crippen LogP) is 2.60. The van der Waals surface area contributed by atoms with Gasteiger partial charge >= 0.3 is 0 Å². The van der Waals surface area contributed by atoms with Crippen molar-refractivity contribution in [1.29, 1.82) is 0 Å². The molecular weight excluding hydrogens is 455 g/mol. The van der Waals surface area contributed by atoms with E-state index in [1.54, 1.807) is 0 Å². The number of rotatable bonds is 7. The minimum Gasteiger partial charge on any atom is -0.381 e. The summed E-state index contributed by atoms with van der Waals surface area (Å²) >= 11 is 0. The van der Waals surface area contributed by atoms with Crippen LogP contribution in [0.3, 0.4) is 0 Å². The third-order valence-corrected chi connectivity index (χ3v) is 5.03.